The number of anilines is 3. The number of primary amides is 1. The Hall–Kier alpha value is -2.94. The molecule has 0 aliphatic heterocycles. The molecule has 0 radical (unpaired) electrons. The van der Waals surface area contributed by atoms with Gasteiger partial charge >= 0.3 is 0 Å². The highest BCUT2D eigenvalue weighted by atomic mass is 19.1. The molecule has 0 bridgehead atoms. The van der Waals surface area contributed by atoms with Gasteiger partial charge in [-0.2, -0.15) is 0 Å². The maximum absolute atomic E-state index is 14.7. The van der Waals surface area contributed by atoms with E-state index < -0.39 is 11.7 Å². The molecule has 2 aromatic heterocycles. The van der Waals surface area contributed by atoms with Gasteiger partial charge in [-0.3, -0.25) is 4.79 Å². The molecule has 9 heteroatoms. The molecule has 2 saturated carbocycles. The molecule has 1 amide bonds. The summed E-state index contributed by atoms with van der Waals surface area (Å²) in [5, 5.41) is 6.19. The van der Waals surface area contributed by atoms with Gasteiger partial charge in [-0.15, -0.1) is 0 Å². The molecular weight excluding hydrogens is 387 g/mol. The van der Waals surface area contributed by atoms with Crippen molar-refractivity contribution in [1.82, 2.24) is 9.97 Å². The summed E-state index contributed by atoms with van der Waals surface area (Å²) in [6.45, 7) is 0. The standard InChI is InChI=1S/C21H27FN6O2/c1-30-21-13(11-6-7-11)8-12(10-25-21)26-19-14(18(24)29)9-15(22)20(28-19)27-17-5-3-2-4-16(17)23/h8-11,16-17H,2-7,23H2,1H3,(H2,24,29)(H2,26,27,28). The summed E-state index contributed by atoms with van der Waals surface area (Å²) in [5.74, 6) is -0.194. The fraction of sp³-hybridized carbons (Fsp3) is 0.476. The summed E-state index contributed by atoms with van der Waals surface area (Å²) < 4.78 is 20.0. The number of nitrogens with zero attached hydrogens (tertiary/aromatic N) is 2. The number of pyridine rings is 2. The van der Waals surface area contributed by atoms with Crippen molar-refractivity contribution >= 4 is 23.2 Å². The topological polar surface area (TPSA) is 128 Å². The van der Waals surface area contributed by atoms with E-state index in [-0.39, 0.29) is 29.3 Å². The number of nitrogens with two attached hydrogens (primary N) is 2. The van der Waals surface area contributed by atoms with Crippen molar-refractivity contribution in [3.8, 4) is 5.88 Å². The van der Waals surface area contributed by atoms with Gasteiger partial charge in [-0.1, -0.05) is 12.8 Å². The van der Waals surface area contributed by atoms with E-state index in [0.29, 0.717) is 17.5 Å². The maximum Gasteiger partial charge on any atom is 0.252 e. The number of halogens is 1. The molecule has 8 nitrogen and oxygen atoms in total. The lowest BCUT2D eigenvalue weighted by atomic mass is 9.91. The zero-order valence-corrected chi connectivity index (χ0v) is 17.0. The number of amides is 1. The van der Waals surface area contributed by atoms with Crippen molar-refractivity contribution in [2.24, 2.45) is 11.5 Å². The van der Waals surface area contributed by atoms with Crippen LogP contribution in [-0.2, 0) is 0 Å². The zero-order chi connectivity index (χ0) is 21.3. The molecule has 2 atom stereocenters. The first kappa shape index (κ1) is 20.3. The minimum absolute atomic E-state index is 0.0326. The Labute approximate surface area is 174 Å². The highest BCUT2D eigenvalue weighted by Crippen LogP contribution is 2.44. The molecule has 0 aromatic carbocycles. The molecule has 30 heavy (non-hydrogen) atoms. The third kappa shape index (κ3) is 4.30. The van der Waals surface area contributed by atoms with Gasteiger partial charge in [0.05, 0.1) is 24.6 Å². The number of nitrogens with one attached hydrogen (secondary N) is 2. The van der Waals surface area contributed by atoms with E-state index in [1.54, 1.807) is 13.3 Å². The Morgan fingerprint density at radius 2 is 1.97 bits per heavy atom. The molecule has 2 aliphatic rings. The van der Waals surface area contributed by atoms with Gasteiger partial charge in [-0.25, -0.2) is 14.4 Å². The van der Waals surface area contributed by atoms with Gasteiger partial charge < -0.3 is 26.8 Å². The van der Waals surface area contributed by atoms with E-state index in [0.717, 1.165) is 50.2 Å². The zero-order valence-electron chi connectivity index (χ0n) is 17.0. The van der Waals surface area contributed by atoms with Gasteiger partial charge in [0, 0.05) is 17.6 Å². The Morgan fingerprint density at radius 3 is 2.63 bits per heavy atom. The molecule has 160 valence electrons. The highest BCUT2D eigenvalue weighted by Gasteiger charge is 2.28. The van der Waals surface area contributed by atoms with Crippen LogP contribution in [-0.4, -0.2) is 35.1 Å². The molecule has 0 saturated heterocycles. The van der Waals surface area contributed by atoms with Crippen LogP contribution in [0.1, 0.15) is 60.4 Å². The highest BCUT2D eigenvalue weighted by molar-refractivity contribution is 5.98. The van der Waals surface area contributed by atoms with Gasteiger partial charge in [0.25, 0.3) is 5.91 Å². The number of methoxy groups -OCH3 is 1. The van der Waals surface area contributed by atoms with E-state index in [1.165, 1.54) is 0 Å². The van der Waals surface area contributed by atoms with E-state index in [9.17, 15) is 9.18 Å². The van der Waals surface area contributed by atoms with Crippen LogP contribution in [0.25, 0.3) is 0 Å². The van der Waals surface area contributed by atoms with Crippen LogP contribution in [0, 0.1) is 5.82 Å². The summed E-state index contributed by atoms with van der Waals surface area (Å²) in [6, 6.07) is 2.88. The van der Waals surface area contributed by atoms with Crippen molar-refractivity contribution in [3.05, 3.63) is 35.3 Å². The lowest BCUT2D eigenvalue weighted by molar-refractivity contribution is 0.100. The van der Waals surface area contributed by atoms with Crippen LogP contribution in [0.3, 0.4) is 0 Å². The summed E-state index contributed by atoms with van der Waals surface area (Å²) in [4.78, 5) is 20.6. The van der Waals surface area contributed by atoms with Crippen LogP contribution in [0.5, 0.6) is 5.88 Å². The molecule has 2 aliphatic carbocycles. The average Bonchev–Trinajstić information content (AvgIpc) is 3.57. The normalized spacial score (nSPS) is 21.2. The summed E-state index contributed by atoms with van der Waals surface area (Å²) in [5.41, 5.74) is 13.2. The van der Waals surface area contributed by atoms with Crippen LogP contribution in [0.2, 0.25) is 0 Å². The molecule has 2 unspecified atom stereocenters. The smallest absolute Gasteiger partial charge is 0.252 e. The Morgan fingerprint density at radius 1 is 1.20 bits per heavy atom. The SMILES string of the molecule is COc1ncc(Nc2nc(NC3CCCCC3N)c(F)cc2C(N)=O)cc1C1CC1. The van der Waals surface area contributed by atoms with Gasteiger partial charge in [0.1, 0.15) is 5.82 Å². The number of ether oxygens (including phenoxy) is 1. The maximum atomic E-state index is 14.7. The molecule has 2 aromatic rings. The first-order valence-corrected chi connectivity index (χ1v) is 10.3. The second-order valence-electron chi connectivity index (χ2n) is 8.00. The van der Waals surface area contributed by atoms with E-state index >= 15 is 0 Å². The summed E-state index contributed by atoms with van der Waals surface area (Å²) >= 11 is 0. The van der Waals surface area contributed by atoms with E-state index in [2.05, 4.69) is 20.6 Å². The lowest BCUT2D eigenvalue weighted by Crippen LogP contribution is -2.43. The van der Waals surface area contributed by atoms with Crippen LogP contribution in [0.4, 0.5) is 21.7 Å². The number of aromatic nitrogens is 2. The third-order valence-electron chi connectivity index (χ3n) is 5.74. The number of hydrogen-bond acceptors (Lipinski definition) is 7. The fourth-order valence-corrected chi connectivity index (χ4v) is 3.92. The molecule has 2 heterocycles. The van der Waals surface area contributed by atoms with Crippen molar-refractivity contribution in [2.75, 3.05) is 17.7 Å². The molecule has 2 fully saturated rings. The van der Waals surface area contributed by atoms with Crippen molar-refractivity contribution in [1.29, 1.82) is 0 Å². The number of carbonyl (C=O) groups is 1. The minimum atomic E-state index is -0.770. The largest absolute Gasteiger partial charge is 0.481 e. The summed E-state index contributed by atoms with van der Waals surface area (Å²) in [7, 11) is 1.59. The average molecular weight is 414 g/mol. The van der Waals surface area contributed by atoms with Crippen LogP contribution in [0.15, 0.2) is 18.3 Å². The fourth-order valence-electron chi connectivity index (χ4n) is 3.92. The molecule has 4 rings (SSSR count). The van der Waals surface area contributed by atoms with Gasteiger partial charge in [-0.05, 0) is 43.7 Å². The minimum Gasteiger partial charge on any atom is -0.481 e. The molecular formula is C21H27FN6O2. The lowest BCUT2D eigenvalue weighted by Gasteiger charge is -2.30. The molecule has 0 spiro atoms. The number of rotatable bonds is 7. The van der Waals surface area contributed by atoms with E-state index in [1.807, 2.05) is 6.07 Å². The van der Waals surface area contributed by atoms with Crippen LogP contribution >= 0.6 is 0 Å². The van der Waals surface area contributed by atoms with E-state index in [4.69, 9.17) is 16.2 Å². The van der Waals surface area contributed by atoms with Crippen molar-refractivity contribution in [2.45, 2.75) is 56.5 Å². The Kier molecular flexibility index (Phi) is 5.72. The second kappa shape index (κ2) is 8.43. The molecule has 6 N–H and O–H groups in total. The quantitative estimate of drug-likeness (QED) is 0.548. The predicted octanol–water partition coefficient (Wildman–Crippen LogP) is 3.03. The predicted molar refractivity (Wildman–Crippen MR) is 113 cm³/mol. The third-order valence-corrected chi connectivity index (χ3v) is 5.74. The second-order valence-corrected chi connectivity index (χ2v) is 8.00. The summed E-state index contributed by atoms with van der Waals surface area (Å²) in [6.07, 6.45) is 7.57. The van der Waals surface area contributed by atoms with Crippen LogP contribution < -0.4 is 26.8 Å². The monoisotopic (exact) mass is 414 g/mol. The Bertz CT molecular complexity index is 949. The van der Waals surface area contributed by atoms with Gasteiger partial charge in [0.15, 0.2) is 11.6 Å². The van der Waals surface area contributed by atoms with Crippen molar-refractivity contribution < 1.29 is 13.9 Å². The number of hydrogen-bond donors (Lipinski definition) is 4. The number of carbonyl (C=O) groups excluding carboxylic acids is 1. The van der Waals surface area contributed by atoms with Crippen molar-refractivity contribution in [3.63, 3.8) is 0 Å². The first-order valence-electron chi connectivity index (χ1n) is 10.3. The Balaban J connectivity index is 1.64. The van der Waals surface area contributed by atoms with Gasteiger partial charge in [0.2, 0.25) is 5.88 Å². The first-order chi connectivity index (χ1) is 14.5.